The van der Waals surface area contributed by atoms with E-state index in [1.54, 1.807) is 16.4 Å². The molecule has 2 heterocycles. The van der Waals surface area contributed by atoms with Crippen LogP contribution in [0.2, 0.25) is 0 Å². The van der Waals surface area contributed by atoms with Gasteiger partial charge in [-0.1, -0.05) is 61.0 Å². The number of aromatic nitrogens is 1. The van der Waals surface area contributed by atoms with E-state index in [1.807, 2.05) is 37.3 Å². The predicted octanol–water partition coefficient (Wildman–Crippen LogP) is 6.19. The van der Waals surface area contributed by atoms with E-state index in [4.69, 9.17) is 0 Å². The van der Waals surface area contributed by atoms with E-state index in [-0.39, 0.29) is 12.4 Å². The summed E-state index contributed by atoms with van der Waals surface area (Å²) in [4.78, 5) is 0.335. The Bertz CT molecular complexity index is 1590. The smallest absolute Gasteiger partial charge is 0.243 e. The number of aliphatic hydroxyl groups excluding tert-OH is 1. The van der Waals surface area contributed by atoms with Gasteiger partial charge < -0.3 is 15.0 Å². The van der Waals surface area contributed by atoms with Gasteiger partial charge in [0, 0.05) is 47.5 Å². The van der Waals surface area contributed by atoms with Gasteiger partial charge in [0.1, 0.15) is 0 Å². The number of benzene rings is 3. The molecule has 0 radical (unpaired) electrons. The average Bonchev–Trinajstić information content (AvgIpc) is 3.23. The molecule has 1 atom stereocenters. The number of nitrogens with zero attached hydrogens (tertiary/aromatic N) is 2. The highest BCUT2D eigenvalue weighted by molar-refractivity contribution is 7.89. The second-order valence-electron chi connectivity index (χ2n) is 10.3. The highest BCUT2D eigenvalue weighted by Gasteiger charge is 2.28. The van der Waals surface area contributed by atoms with Crippen molar-refractivity contribution in [1.29, 1.82) is 0 Å². The molecule has 0 saturated carbocycles. The van der Waals surface area contributed by atoms with Crippen molar-refractivity contribution in [3.63, 3.8) is 0 Å². The molecule has 0 amide bonds. The molecule has 0 aliphatic carbocycles. The second-order valence-corrected chi connectivity index (χ2v) is 12.3. The van der Waals surface area contributed by atoms with Crippen LogP contribution in [0.4, 0.5) is 5.69 Å². The minimum Gasteiger partial charge on any atom is -0.389 e. The monoisotopic (exact) mass is 579 g/mol. The van der Waals surface area contributed by atoms with E-state index in [2.05, 4.69) is 60.1 Å². The van der Waals surface area contributed by atoms with Gasteiger partial charge in [0.15, 0.2) is 0 Å². The number of nitrogens with one attached hydrogen (secondary N) is 1. The van der Waals surface area contributed by atoms with Crippen LogP contribution >= 0.6 is 12.4 Å². The van der Waals surface area contributed by atoms with E-state index in [1.165, 1.54) is 5.56 Å². The minimum atomic E-state index is -3.54. The van der Waals surface area contributed by atoms with Crippen LogP contribution in [0.3, 0.4) is 0 Å². The van der Waals surface area contributed by atoms with Crippen molar-refractivity contribution in [2.45, 2.75) is 51.2 Å². The van der Waals surface area contributed by atoms with Gasteiger partial charge in [0.05, 0.1) is 17.5 Å². The Hall–Kier alpha value is -3.10. The largest absolute Gasteiger partial charge is 0.389 e. The van der Waals surface area contributed by atoms with E-state index in [0.717, 1.165) is 45.4 Å². The topological polar surface area (TPSA) is 74.6 Å². The fourth-order valence-corrected chi connectivity index (χ4v) is 6.78. The van der Waals surface area contributed by atoms with Crippen molar-refractivity contribution in [2.24, 2.45) is 0 Å². The fraction of sp³-hybridized carbons (Fsp3) is 0.312. The standard InChI is InChI=1S/C32H37N3O3S.ClH/c1-4-25-11-13-27(14-12-25)33-21-28(36)22-35-24(3)32(30-7-5-6-8-31(30)35)26-17-19-34(20-18-26)39(37,38)29-15-9-23(2)10-16-29;/h5-17,28,33,36H,4,18-22H2,1-3H3;1H. The second kappa shape index (κ2) is 12.6. The van der Waals surface area contributed by atoms with Crippen molar-refractivity contribution in [2.75, 3.05) is 25.0 Å². The lowest BCUT2D eigenvalue weighted by Gasteiger charge is -2.26. The SMILES string of the molecule is CCc1ccc(NCC(O)Cn2c(C)c(C3=CCN(S(=O)(=O)c4ccc(C)cc4)CC3)c3ccccc32)cc1.Cl. The summed E-state index contributed by atoms with van der Waals surface area (Å²) in [6.07, 6.45) is 3.11. The van der Waals surface area contributed by atoms with E-state index in [9.17, 15) is 13.5 Å². The molecule has 1 aromatic heterocycles. The van der Waals surface area contributed by atoms with Crippen LogP contribution in [-0.4, -0.2) is 48.1 Å². The maximum Gasteiger partial charge on any atom is 0.243 e. The lowest BCUT2D eigenvalue weighted by atomic mass is 9.97. The van der Waals surface area contributed by atoms with Crippen LogP contribution < -0.4 is 5.32 Å². The number of fused-ring (bicyclic) bond motifs is 1. The molecule has 2 N–H and O–H groups in total. The maximum atomic E-state index is 13.2. The number of aliphatic hydroxyl groups is 1. The summed E-state index contributed by atoms with van der Waals surface area (Å²) >= 11 is 0. The summed E-state index contributed by atoms with van der Waals surface area (Å²) in [6.45, 7) is 7.87. The molecule has 6 nitrogen and oxygen atoms in total. The van der Waals surface area contributed by atoms with Crippen molar-refractivity contribution >= 4 is 44.6 Å². The fourth-order valence-electron chi connectivity index (χ4n) is 5.40. The third-order valence-corrected chi connectivity index (χ3v) is 9.56. The van der Waals surface area contributed by atoms with Crippen LogP contribution in [0.25, 0.3) is 16.5 Å². The van der Waals surface area contributed by atoms with Crippen LogP contribution in [0.1, 0.15) is 35.7 Å². The molecular formula is C32H38ClN3O3S. The molecular weight excluding hydrogens is 542 g/mol. The van der Waals surface area contributed by atoms with Gasteiger partial charge >= 0.3 is 0 Å². The summed E-state index contributed by atoms with van der Waals surface area (Å²) in [6, 6.07) is 23.6. The molecule has 1 unspecified atom stereocenters. The van der Waals surface area contributed by atoms with Gasteiger partial charge in [-0.15, -0.1) is 12.4 Å². The summed E-state index contributed by atoms with van der Waals surface area (Å²) in [5.41, 5.74) is 7.79. The normalized spacial score (nSPS) is 14.9. The minimum absolute atomic E-state index is 0. The molecule has 1 aliphatic rings. The van der Waals surface area contributed by atoms with Gasteiger partial charge in [0.2, 0.25) is 10.0 Å². The first kappa shape index (κ1) is 29.9. The highest BCUT2D eigenvalue weighted by Crippen LogP contribution is 2.35. The molecule has 40 heavy (non-hydrogen) atoms. The lowest BCUT2D eigenvalue weighted by Crippen LogP contribution is -2.34. The number of aryl methyl sites for hydroxylation is 2. The quantitative estimate of drug-likeness (QED) is 0.248. The molecule has 3 aromatic carbocycles. The van der Waals surface area contributed by atoms with Crippen molar-refractivity contribution in [3.05, 3.63) is 101 Å². The first-order valence-electron chi connectivity index (χ1n) is 13.6. The van der Waals surface area contributed by atoms with E-state index < -0.39 is 16.1 Å². The zero-order valence-corrected chi connectivity index (χ0v) is 24.9. The van der Waals surface area contributed by atoms with Crippen molar-refractivity contribution in [3.8, 4) is 0 Å². The first-order valence-corrected chi connectivity index (χ1v) is 15.1. The van der Waals surface area contributed by atoms with Crippen molar-refractivity contribution < 1.29 is 13.5 Å². The Balaban J connectivity index is 0.00000370. The zero-order chi connectivity index (χ0) is 27.6. The van der Waals surface area contributed by atoms with Gasteiger partial charge in [-0.2, -0.15) is 4.31 Å². The molecule has 1 aliphatic heterocycles. The maximum absolute atomic E-state index is 13.2. The van der Waals surface area contributed by atoms with Crippen molar-refractivity contribution in [1.82, 2.24) is 8.87 Å². The van der Waals surface area contributed by atoms with E-state index >= 15 is 0 Å². The Morgan fingerprint density at radius 3 is 2.33 bits per heavy atom. The molecule has 0 saturated heterocycles. The molecule has 0 spiro atoms. The molecule has 0 bridgehead atoms. The van der Waals surface area contributed by atoms with Crippen LogP contribution in [-0.2, 0) is 23.0 Å². The zero-order valence-electron chi connectivity index (χ0n) is 23.3. The Morgan fingerprint density at radius 1 is 0.975 bits per heavy atom. The number of hydrogen-bond acceptors (Lipinski definition) is 4. The summed E-state index contributed by atoms with van der Waals surface area (Å²) in [5.74, 6) is 0. The molecule has 5 rings (SSSR count). The molecule has 0 fully saturated rings. The Labute approximate surface area is 243 Å². The Morgan fingerprint density at radius 2 is 1.68 bits per heavy atom. The summed E-state index contributed by atoms with van der Waals surface area (Å²) in [5, 5.41) is 15.4. The lowest BCUT2D eigenvalue weighted by molar-refractivity contribution is 0.167. The van der Waals surface area contributed by atoms with E-state index in [0.29, 0.717) is 37.5 Å². The molecule has 4 aromatic rings. The number of para-hydroxylation sites is 1. The molecule has 8 heteroatoms. The van der Waals surface area contributed by atoms with Gasteiger partial charge in [0.25, 0.3) is 0 Å². The van der Waals surface area contributed by atoms with Gasteiger partial charge in [-0.25, -0.2) is 8.42 Å². The van der Waals surface area contributed by atoms with Gasteiger partial charge in [-0.05, 0) is 68.2 Å². The number of halogens is 1. The van der Waals surface area contributed by atoms with Gasteiger partial charge in [-0.3, -0.25) is 0 Å². The number of sulfonamides is 1. The number of anilines is 1. The predicted molar refractivity (Wildman–Crippen MR) is 167 cm³/mol. The summed E-state index contributed by atoms with van der Waals surface area (Å²) in [7, 11) is -3.54. The highest BCUT2D eigenvalue weighted by atomic mass is 35.5. The summed E-state index contributed by atoms with van der Waals surface area (Å²) < 4.78 is 30.1. The third-order valence-electron chi connectivity index (χ3n) is 7.68. The number of rotatable bonds is 9. The average molecular weight is 580 g/mol. The first-order chi connectivity index (χ1) is 18.8. The third kappa shape index (κ3) is 6.13. The molecule has 212 valence electrons. The van der Waals surface area contributed by atoms with Crippen LogP contribution in [0, 0.1) is 13.8 Å². The Kier molecular flexibility index (Phi) is 9.41. The van der Waals surface area contributed by atoms with Crippen LogP contribution in [0.5, 0.6) is 0 Å². The number of hydrogen-bond donors (Lipinski definition) is 2. The van der Waals surface area contributed by atoms with Crippen LogP contribution in [0.15, 0.2) is 83.8 Å².